The Labute approximate surface area is 134 Å². The van der Waals surface area contributed by atoms with E-state index in [0.717, 1.165) is 24.9 Å². The second-order valence-electron chi connectivity index (χ2n) is 5.48. The van der Waals surface area contributed by atoms with E-state index in [2.05, 4.69) is 11.9 Å². The molecule has 0 spiro atoms. The predicted molar refractivity (Wildman–Crippen MR) is 87.2 cm³/mol. The Hall–Kier alpha value is -1.88. The zero-order chi connectivity index (χ0) is 15.4. The van der Waals surface area contributed by atoms with Crippen LogP contribution in [0, 0.1) is 0 Å². The summed E-state index contributed by atoms with van der Waals surface area (Å²) in [6.45, 7) is 3.48. The summed E-state index contributed by atoms with van der Waals surface area (Å²) < 4.78 is 5.83. The van der Waals surface area contributed by atoms with Gasteiger partial charge >= 0.3 is 0 Å². The molecule has 2 heterocycles. The summed E-state index contributed by atoms with van der Waals surface area (Å²) in [6.07, 6.45) is 3.48. The number of benzene rings is 1. The third-order valence-electron chi connectivity index (χ3n) is 4.04. The molecule has 0 unspecified atom stereocenters. The molecule has 5 heteroatoms. The topological polar surface area (TPSA) is 42.4 Å². The largest absolute Gasteiger partial charge is 0.465 e. The van der Waals surface area contributed by atoms with Crippen molar-refractivity contribution in [1.82, 2.24) is 9.88 Å². The van der Waals surface area contributed by atoms with Crippen LogP contribution in [0.25, 0.3) is 0 Å². The van der Waals surface area contributed by atoms with Crippen LogP contribution in [0.5, 0.6) is 5.19 Å². The lowest BCUT2D eigenvalue weighted by atomic mass is 9.95. The van der Waals surface area contributed by atoms with Gasteiger partial charge in [0, 0.05) is 24.5 Å². The number of ether oxygens (including phenoxy) is 1. The van der Waals surface area contributed by atoms with Crippen LogP contribution in [0.2, 0.25) is 0 Å². The van der Waals surface area contributed by atoms with Gasteiger partial charge in [0.1, 0.15) is 6.10 Å². The van der Waals surface area contributed by atoms with Crippen LogP contribution >= 0.6 is 11.3 Å². The number of likely N-dealkylation sites (tertiary alicyclic amines) is 1. The second-order valence-corrected chi connectivity index (χ2v) is 6.34. The van der Waals surface area contributed by atoms with E-state index in [1.165, 1.54) is 11.3 Å². The lowest BCUT2D eigenvalue weighted by molar-refractivity contribution is -0.132. The predicted octanol–water partition coefficient (Wildman–Crippen LogP) is 3.32. The van der Waals surface area contributed by atoms with Crippen molar-refractivity contribution in [2.45, 2.75) is 31.8 Å². The Morgan fingerprint density at radius 2 is 2.27 bits per heavy atom. The molecule has 116 valence electrons. The third kappa shape index (κ3) is 3.30. The highest BCUT2D eigenvalue weighted by Gasteiger charge is 2.32. The van der Waals surface area contributed by atoms with E-state index in [9.17, 15) is 4.79 Å². The fraction of sp³-hybridized carbons (Fsp3) is 0.412. The molecule has 3 rings (SSSR count). The van der Waals surface area contributed by atoms with Crippen LogP contribution in [0.3, 0.4) is 0 Å². The molecule has 2 aromatic rings. The molecule has 1 aromatic carbocycles. The first kappa shape index (κ1) is 15.0. The zero-order valence-corrected chi connectivity index (χ0v) is 13.5. The molecule has 1 amide bonds. The Balaban J connectivity index is 1.63. The van der Waals surface area contributed by atoms with Crippen molar-refractivity contribution in [2.75, 3.05) is 13.1 Å². The monoisotopic (exact) mass is 316 g/mol. The van der Waals surface area contributed by atoms with E-state index in [1.54, 1.807) is 6.20 Å². The number of aromatic nitrogens is 1. The summed E-state index contributed by atoms with van der Waals surface area (Å²) in [5.74, 6) is 0.152. The van der Waals surface area contributed by atoms with Crippen LogP contribution < -0.4 is 4.74 Å². The Morgan fingerprint density at radius 1 is 1.45 bits per heavy atom. The van der Waals surface area contributed by atoms with Gasteiger partial charge in [-0.3, -0.25) is 4.79 Å². The number of carbonyl (C=O) groups excluding carboxylic acids is 1. The molecule has 0 saturated carbocycles. The quantitative estimate of drug-likeness (QED) is 0.850. The van der Waals surface area contributed by atoms with Gasteiger partial charge in [-0.2, -0.15) is 0 Å². The first-order valence-corrected chi connectivity index (χ1v) is 8.55. The maximum Gasteiger partial charge on any atom is 0.273 e. The first-order chi connectivity index (χ1) is 10.8. The first-order valence-electron chi connectivity index (χ1n) is 7.67. The smallest absolute Gasteiger partial charge is 0.273 e. The van der Waals surface area contributed by atoms with E-state index in [0.29, 0.717) is 11.7 Å². The lowest BCUT2D eigenvalue weighted by Crippen LogP contribution is -2.34. The van der Waals surface area contributed by atoms with Crippen molar-refractivity contribution in [1.29, 1.82) is 0 Å². The Kier molecular flexibility index (Phi) is 4.73. The van der Waals surface area contributed by atoms with Crippen LogP contribution in [-0.2, 0) is 4.79 Å². The molecule has 1 aromatic heterocycles. The van der Waals surface area contributed by atoms with E-state index in [4.69, 9.17) is 4.74 Å². The van der Waals surface area contributed by atoms with Gasteiger partial charge in [0.2, 0.25) is 5.91 Å². The summed E-state index contributed by atoms with van der Waals surface area (Å²) in [7, 11) is 0. The summed E-state index contributed by atoms with van der Waals surface area (Å²) >= 11 is 1.49. The SMILES string of the molecule is CC[C@@H](C(=O)N1CC[C@H](Oc2nccs2)C1)c1ccccc1. The molecule has 0 N–H and O–H groups in total. The zero-order valence-electron chi connectivity index (χ0n) is 12.6. The van der Waals surface area contributed by atoms with E-state index in [1.807, 2.05) is 40.6 Å². The minimum Gasteiger partial charge on any atom is -0.465 e. The highest BCUT2D eigenvalue weighted by molar-refractivity contribution is 7.11. The standard InChI is InChI=1S/C17H20N2O2S/c1-2-15(13-6-4-3-5-7-13)16(20)19-10-8-14(12-19)21-17-18-9-11-22-17/h3-7,9,11,14-15H,2,8,10,12H2,1H3/t14-,15+/m0/s1. The fourth-order valence-electron chi connectivity index (χ4n) is 2.89. The molecule has 0 radical (unpaired) electrons. The molecule has 4 nitrogen and oxygen atoms in total. The average Bonchev–Trinajstić information content (AvgIpc) is 3.21. The van der Waals surface area contributed by atoms with Gasteiger partial charge in [-0.1, -0.05) is 48.6 Å². The molecule has 1 saturated heterocycles. The number of thiazole rings is 1. The summed E-state index contributed by atoms with van der Waals surface area (Å²) in [4.78, 5) is 18.9. The van der Waals surface area contributed by atoms with E-state index in [-0.39, 0.29) is 17.9 Å². The van der Waals surface area contributed by atoms with Gasteiger partial charge in [0.05, 0.1) is 12.5 Å². The summed E-state index contributed by atoms with van der Waals surface area (Å²) in [5.41, 5.74) is 1.10. The molecule has 1 fully saturated rings. The highest BCUT2D eigenvalue weighted by Crippen LogP contribution is 2.26. The summed E-state index contributed by atoms with van der Waals surface area (Å²) in [6, 6.07) is 10.0. The van der Waals surface area contributed by atoms with Gasteiger partial charge in [-0.05, 0) is 12.0 Å². The van der Waals surface area contributed by atoms with Gasteiger partial charge < -0.3 is 9.64 Å². The van der Waals surface area contributed by atoms with Crippen LogP contribution in [0.4, 0.5) is 0 Å². The van der Waals surface area contributed by atoms with Crippen molar-refractivity contribution in [3.8, 4) is 5.19 Å². The van der Waals surface area contributed by atoms with Gasteiger partial charge in [-0.25, -0.2) is 4.98 Å². The van der Waals surface area contributed by atoms with E-state index < -0.39 is 0 Å². The molecule has 0 aliphatic carbocycles. The van der Waals surface area contributed by atoms with Crippen molar-refractivity contribution in [3.05, 3.63) is 47.5 Å². The summed E-state index contributed by atoms with van der Waals surface area (Å²) in [5, 5.41) is 2.59. The molecule has 0 bridgehead atoms. The number of rotatable bonds is 5. The second kappa shape index (κ2) is 6.92. The molecular weight excluding hydrogens is 296 g/mol. The Bertz CT molecular complexity index is 600. The number of carbonyl (C=O) groups is 1. The van der Waals surface area contributed by atoms with Crippen LogP contribution in [0.15, 0.2) is 41.9 Å². The van der Waals surface area contributed by atoms with Gasteiger partial charge in [-0.15, -0.1) is 0 Å². The normalized spacial score (nSPS) is 19.1. The minimum atomic E-state index is -0.0557. The highest BCUT2D eigenvalue weighted by atomic mass is 32.1. The molecule has 22 heavy (non-hydrogen) atoms. The van der Waals surface area contributed by atoms with Gasteiger partial charge in [0.25, 0.3) is 5.19 Å². The van der Waals surface area contributed by atoms with Crippen molar-refractivity contribution in [3.63, 3.8) is 0 Å². The van der Waals surface area contributed by atoms with Crippen molar-refractivity contribution < 1.29 is 9.53 Å². The number of hydrogen-bond donors (Lipinski definition) is 0. The number of amides is 1. The van der Waals surface area contributed by atoms with E-state index >= 15 is 0 Å². The molecule has 1 aliphatic heterocycles. The lowest BCUT2D eigenvalue weighted by Gasteiger charge is -2.23. The maximum atomic E-state index is 12.8. The molecule has 2 atom stereocenters. The number of nitrogens with zero attached hydrogens (tertiary/aromatic N) is 2. The Morgan fingerprint density at radius 3 is 2.95 bits per heavy atom. The van der Waals surface area contributed by atoms with Crippen molar-refractivity contribution in [2.24, 2.45) is 0 Å². The van der Waals surface area contributed by atoms with Crippen LogP contribution in [0.1, 0.15) is 31.2 Å². The minimum absolute atomic E-state index is 0.0557. The molecular formula is C17H20N2O2S. The van der Waals surface area contributed by atoms with Crippen LogP contribution in [-0.4, -0.2) is 35.0 Å². The maximum absolute atomic E-state index is 12.8. The average molecular weight is 316 g/mol. The fourth-order valence-corrected chi connectivity index (χ4v) is 3.45. The third-order valence-corrected chi connectivity index (χ3v) is 4.70. The molecule has 1 aliphatic rings. The van der Waals surface area contributed by atoms with Gasteiger partial charge in [0.15, 0.2) is 0 Å². The number of hydrogen-bond acceptors (Lipinski definition) is 4. The van der Waals surface area contributed by atoms with Crippen molar-refractivity contribution >= 4 is 17.2 Å².